The van der Waals surface area contributed by atoms with Crippen LogP contribution in [0.4, 0.5) is 0 Å². The van der Waals surface area contributed by atoms with Gasteiger partial charge in [0.15, 0.2) is 6.10 Å². The lowest BCUT2D eigenvalue weighted by Gasteiger charge is -2.28. The molecule has 0 heterocycles. The largest absolute Gasteiger partial charge is 0.756 e. The lowest BCUT2D eigenvalue weighted by Crippen LogP contribution is -2.37. The smallest absolute Gasteiger partial charge is 0.306 e. The lowest BCUT2D eigenvalue weighted by molar-refractivity contribution is -0.870. The molecular formula is C74H128NO8P. The molecule has 0 aromatic rings. The van der Waals surface area contributed by atoms with E-state index in [1.165, 1.54) is 148 Å². The van der Waals surface area contributed by atoms with E-state index < -0.39 is 26.5 Å². The van der Waals surface area contributed by atoms with Crippen LogP contribution in [-0.2, 0) is 32.7 Å². The summed E-state index contributed by atoms with van der Waals surface area (Å²) in [5.74, 6) is -0.846. The summed E-state index contributed by atoms with van der Waals surface area (Å²) in [6.45, 7) is 4.11. The molecule has 0 aliphatic carbocycles. The fraction of sp³-hybridized carbons (Fsp3) is 0.703. The molecule has 0 aromatic carbocycles. The van der Waals surface area contributed by atoms with Crippen molar-refractivity contribution in [3.8, 4) is 0 Å². The van der Waals surface area contributed by atoms with Crippen LogP contribution in [0.1, 0.15) is 284 Å². The third-order valence-electron chi connectivity index (χ3n) is 14.5. The lowest BCUT2D eigenvalue weighted by atomic mass is 10.0. The second kappa shape index (κ2) is 63.9. The third-order valence-corrected chi connectivity index (χ3v) is 15.4. The van der Waals surface area contributed by atoms with E-state index in [0.717, 1.165) is 103 Å². The number of hydrogen-bond acceptors (Lipinski definition) is 8. The minimum Gasteiger partial charge on any atom is -0.756 e. The van der Waals surface area contributed by atoms with Crippen LogP contribution in [0.3, 0.4) is 0 Å². The van der Waals surface area contributed by atoms with Gasteiger partial charge in [-0.1, -0.05) is 283 Å². The summed E-state index contributed by atoms with van der Waals surface area (Å²) in [5.41, 5.74) is 0. The van der Waals surface area contributed by atoms with Crippen molar-refractivity contribution in [1.29, 1.82) is 0 Å². The van der Waals surface area contributed by atoms with Gasteiger partial charge in [-0.15, -0.1) is 0 Å². The molecule has 9 nitrogen and oxygen atoms in total. The van der Waals surface area contributed by atoms with Gasteiger partial charge in [0.05, 0.1) is 27.7 Å². The average Bonchev–Trinajstić information content (AvgIpc) is 3.61. The van der Waals surface area contributed by atoms with Gasteiger partial charge in [-0.2, -0.15) is 0 Å². The molecule has 0 amide bonds. The molecule has 0 rings (SSSR count). The molecule has 0 aromatic heterocycles. The number of hydrogen-bond donors (Lipinski definition) is 0. The minimum atomic E-state index is -4.65. The number of carbonyl (C=O) groups is 2. The summed E-state index contributed by atoms with van der Waals surface area (Å²) in [6, 6.07) is 0. The molecule has 0 aliphatic heterocycles. The maximum atomic E-state index is 12.9. The Kier molecular flexibility index (Phi) is 61.2. The van der Waals surface area contributed by atoms with Crippen molar-refractivity contribution >= 4 is 19.8 Å². The predicted molar refractivity (Wildman–Crippen MR) is 360 cm³/mol. The number of quaternary nitrogens is 1. The Balaban J connectivity index is 4.12. The number of esters is 2. The standard InChI is InChI=1S/C74H128NO8P/c1-6-8-10-12-14-16-18-20-22-24-26-28-30-32-34-36-37-39-40-42-44-46-48-50-52-54-56-58-60-62-64-66-73(76)80-70-72(71-82-84(78,79)81-69-68-75(3,4)5)83-74(77)67-65-63-61-59-57-55-53-51-49-47-45-43-41-38-35-33-31-29-27-25-23-21-19-17-15-13-11-9-7-2/h9,11,15,17-18,20-21,23-24,26-27,29-30,32-33,35,41,43,47,49,72H,6-8,10,12-14,16,19,22,25,28,31,34,36-40,42,44-46,48,50-71H2,1-5H3/b11-9-,17-15-,20-18-,23-21-,26-24-,29-27-,32-30-,35-33-,43-41-,49-47-. The number of carbonyl (C=O) groups excluding carboxylic acids is 2. The Morgan fingerprint density at radius 2 is 0.679 bits per heavy atom. The van der Waals surface area contributed by atoms with Gasteiger partial charge in [0.1, 0.15) is 19.8 Å². The van der Waals surface area contributed by atoms with Gasteiger partial charge in [-0.3, -0.25) is 14.2 Å². The van der Waals surface area contributed by atoms with Crippen molar-refractivity contribution in [1.82, 2.24) is 0 Å². The highest BCUT2D eigenvalue weighted by molar-refractivity contribution is 7.45. The van der Waals surface area contributed by atoms with Crippen molar-refractivity contribution in [2.45, 2.75) is 290 Å². The number of ether oxygens (including phenoxy) is 2. The number of phosphoric acid groups is 1. The summed E-state index contributed by atoms with van der Waals surface area (Å²) in [7, 11) is 1.15. The zero-order valence-corrected chi connectivity index (χ0v) is 55.7. The zero-order chi connectivity index (χ0) is 61.2. The predicted octanol–water partition coefficient (Wildman–Crippen LogP) is 21.6. The Labute approximate surface area is 518 Å². The van der Waals surface area contributed by atoms with Crippen molar-refractivity contribution < 1.29 is 42.1 Å². The first-order valence-corrected chi connectivity index (χ1v) is 35.7. The quantitative estimate of drug-likeness (QED) is 0.0195. The molecule has 0 fully saturated rings. The van der Waals surface area contributed by atoms with Gasteiger partial charge in [0, 0.05) is 12.8 Å². The fourth-order valence-electron chi connectivity index (χ4n) is 9.23. The van der Waals surface area contributed by atoms with E-state index in [2.05, 4.69) is 135 Å². The summed E-state index contributed by atoms with van der Waals surface area (Å²) in [4.78, 5) is 38.1. The van der Waals surface area contributed by atoms with Crippen LogP contribution in [0.15, 0.2) is 122 Å². The molecule has 482 valence electrons. The van der Waals surface area contributed by atoms with Gasteiger partial charge in [0.2, 0.25) is 0 Å². The van der Waals surface area contributed by atoms with Crippen molar-refractivity contribution in [3.05, 3.63) is 122 Å². The Hall–Kier alpha value is -3.59. The Morgan fingerprint density at radius 3 is 1.01 bits per heavy atom. The monoisotopic (exact) mass is 1190 g/mol. The number of rotatable bonds is 62. The Morgan fingerprint density at radius 1 is 0.381 bits per heavy atom. The van der Waals surface area contributed by atoms with E-state index in [9.17, 15) is 19.0 Å². The molecule has 0 spiro atoms. The second-order valence-corrected chi connectivity index (χ2v) is 25.2. The van der Waals surface area contributed by atoms with Crippen molar-refractivity contribution in [2.75, 3.05) is 47.5 Å². The van der Waals surface area contributed by atoms with Gasteiger partial charge >= 0.3 is 11.9 Å². The summed E-state index contributed by atoms with van der Waals surface area (Å²) >= 11 is 0. The van der Waals surface area contributed by atoms with Gasteiger partial charge in [-0.25, -0.2) is 0 Å². The van der Waals surface area contributed by atoms with Crippen molar-refractivity contribution in [3.63, 3.8) is 0 Å². The molecule has 0 saturated heterocycles. The second-order valence-electron chi connectivity index (χ2n) is 23.8. The topological polar surface area (TPSA) is 111 Å². The number of phosphoric ester groups is 1. The molecule has 84 heavy (non-hydrogen) atoms. The number of likely N-dealkylation sites (N-methyl/N-ethyl adjacent to an activating group) is 1. The van der Waals surface area contributed by atoms with Crippen LogP contribution in [0, 0.1) is 0 Å². The Bertz CT molecular complexity index is 1830. The molecule has 0 saturated carbocycles. The van der Waals surface area contributed by atoms with Gasteiger partial charge in [0.25, 0.3) is 7.82 Å². The van der Waals surface area contributed by atoms with Crippen LogP contribution >= 0.6 is 7.82 Å². The average molecular weight is 1190 g/mol. The van der Waals surface area contributed by atoms with Crippen LogP contribution in [-0.4, -0.2) is 70.0 Å². The summed E-state index contributed by atoms with van der Waals surface area (Å²) in [6.07, 6.45) is 91.2. The van der Waals surface area contributed by atoms with E-state index in [1.807, 2.05) is 21.1 Å². The van der Waals surface area contributed by atoms with Crippen LogP contribution in [0.5, 0.6) is 0 Å². The molecule has 2 unspecified atom stereocenters. The third kappa shape index (κ3) is 67.5. The summed E-state index contributed by atoms with van der Waals surface area (Å²) < 4.78 is 34.3. The molecule has 0 radical (unpaired) electrons. The number of unbranched alkanes of at least 4 members (excludes halogenated alkanes) is 28. The minimum absolute atomic E-state index is 0.0386. The maximum Gasteiger partial charge on any atom is 0.306 e. The van der Waals surface area contributed by atoms with E-state index in [0.29, 0.717) is 17.4 Å². The van der Waals surface area contributed by atoms with Gasteiger partial charge < -0.3 is 27.9 Å². The van der Waals surface area contributed by atoms with Crippen LogP contribution in [0.25, 0.3) is 0 Å². The van der Waals surface area contributed by atoms with E-state index in [1.54, 1.807) is 0 Å². The molecule has 2 atom stereocenters. The maximum absolute atomic E-state index is 12.9. The highest BCUT2D eigenvalue weighted by atomic mass is 31.2. The van der Waals surface area contributed by atoms with Crippen LogP contribution in [0.2, 0.25) is 0 Å². The van der Waals surface area contributed by atoms with E-state index in [-0.39, 0.29) is 32.0 Å². The first-order valence-electron chi connectivity index (χ1n) is 34.2. The molecular weight excluding hydrogens is 1060 g/mol. The van der Waals surface area contributed by atoms with E-state index >= 15 is 0 Å². The highest BCUT2D eigenvalue weighted by Gasteiger charge is 2.22. The zero-order valence-electron chi connectivity index (χ0n) is 54.8. The number of allylic oxidation sites excluding steroid dienone is 20. The fourth-order valence-corrected chi connectivity index (χ4v) is 9.96. The summed E-state index contributed by atoms with van der Waals surface area (Å²) in [5, 5.41) is 0. The van der Waals surface area contributed by atoms with E-state index in [4.69, 9.17) is 18.5 Å². The normalized spacial score (nSPS) is 13.9. The first kappa shape index (κ1) is 80.4. The number of nitrogens with zero attached hydrogens (tertiary/aromatic N) is 1. The molecule has 0 aliphatic rings. The van der Waals surface area contributed by atoms with Gasteiger partial charge in [-0.05, 0) is 109 Å². The SMILES string of the molecule is CC/C=C\C/C=C\C/C=C\C/C=C\C/C=C\C/C=C\C/C=C\CCCCCCCCCC(=O)OC(COC(=O)CCCCCCCCCCCCCCCCCC/C=C\C/C=C\C/C=C\CCCCCCC)COP(=O)([O-])OCC[N+](C)(C)C. The molecule has 0 bridgehead atoms. The van der Waals surface area contributed by atoms with Crippen LogP contribution < -0.4 is 4.89 Å². The molecule has 0 N–H and O–H groups in total. The molecule has 10 heteroatoms. The highest BCUT2D eigenvalue weighted by Crippen LogP contribution is 2.38. The van der Waals surface area contributed by atoms with Crippen molar-refractivity contribution in [2.24, 2.45) is 0 Å². The first-order chi connectivity index (χ1) is 41.0.